The Hall–Kier alpha value is -1.15. The smallest absolute Gasteiger partial charge is 0.324 e. The summed E-state index contributed by atoms with van der Waals surface area (Å²) in [5.74, 6) is -2.82. The van der Waals surface area contributed by atoms with Crippen molar-refractivity contribution >= 4 is 22.0 Å². The molecule has 116 valence electrons. The molecule has 0 amide bonds. The third-order valence-electron chi connectivity index (χ3n) is 3.37. The Labute approximate surface area is 118 Å². The van der Waals surface area contributed by atoms with E-state index in [1.54, 1.807) is 6.92 Å². The number of ether oxygens (including phenoxy) is 1. The fourth-order valence-corrected chi connectivity index (χ4v) is 3.91. The molecule has 7 nitrogen and oxygen atoms in total. The highest BCUT2D eigenvalue weighted by atomic mass is 32.2. The number of rotatable bonds is 6. The first-order valence-corrected chi connectivity index (χ1v) is 8.26. The molecule has 0 aliphatic heterocycles. The largest absolute Gasteiger partial charge is 0.480 e. The van der Waals surface area contributed by atoms with Gasteiger partial charge in [-0.15, -0.1) is 0 Å². The molecule has 1 aliphatic carbocycles. The lowest BCUT2D eigenvalue weighted by Gasteiger charge is -2.36. The predicted octanol–water partition coefficient (Wildman–Crippen LogP) is 0.502. The molecule has 0 saturated heterocycles. The first-order chi connectivity index (χ1) is 9.21. The van der Waals surface area contributed by atoms with Gasteiger partial charge in [-0.3, -0.25) is 9.59 Å². The van der Waals surface area contributed by atoms with Crippen molar-refractivity contribution in [2.24, 2.45) is 5.92 Å². The van der Waals surface area contributed by atoms with E-state index in [1.165, 1.54) is 0 Å². The Morgan fingerprint density at radius 3 is 2.60 bits per heavy atom. The van der Waals surface area contributed by atoms with Gasteiger partial charge in [0.05, 0.1) is 6.61 Å². The van der Waals surface area contributed by atoms with Crippen LogP contribution in [0, 0.1) is 5.92 Å². The van der Waals surface area contributed by atoms with Crippen LogP contribution in [-0.4, -0.2) is 43.4 Å². The number of aliphatic carboxylic acids is 1. The van der Waals surface area contributed by atoms with Crippen LogP contribution in [0.4, 0.5) is 0 Å². The number of carbonyl (C=O) groups excluding carboxylic acids is 1. The van der Waals surface area contributed by atoms with Crippen molar-refractivity contribution in [3.05, 3.63) is 0 Å². The fourth-order valence-electron chi connectivity index (χ4n) is 2.57. The van der Waals surface area contributed by atoms with Crippen LogP contribution < -0.4 is 4.72 Å². The van der Waals surface area contributed by atoms with Crippen molar-refractivity contribution in [1.29, 1.82) is 0 Å². The molecular formula is C12H21NO6S. The molecule has 0 spiro atoms. The van der Waals surface area contributed by atoms with Gasteiger partial charge in [0.25, 0.3) is 0 Å². The second kappa shape index (κ2) is 6.53. The summed E-state index contributed by atoms with van der Waals surface area (Å²) in [4.78, 5) is 22.7. The summed E-state index contributed by atoms with van der Waals surface area (Å²) in [7, 11) is -4.03. The highest BCUT2D eigenvalue weighted by Gasteiger charge is 2.45. The third kappa shape index (κ3) is 4.45. The minimum atomic E-state index is -4.03. The molecule has 2 unspecified atom stereocenters. The number of nitrogens with one attached hydrogen (secondary N) is 1. The van der Waals surface area contributed by atoms with E-state index in [-0.39, 0.29) is 25.4 Å². The molecule has 20 heavy (non-hydrogen) atoms. The number of carbonyl (C=O) groups is 2. The SMILES string of the molecule is CCOC(=O)CS(=O)(=O)NC1(C(=O)O)CCCC(C)C1. The van der Waals surface area contributed by atoms with Gasteiger partial charge in [0.2, 0.25) is 10.0 Å². The maximum Gasteiger partial charge on any atom is 0.324 e. The number of sulfonamides is 1. The highest BCUT2D eigenvalue weighted by molar-refractivity contribution is 7.90. The number of carboxylic acids is 1. The third-order valence-corrected chi connectivity index (χ3v) is 4.69. The van der Waals surface area contributed by atoms with Crippen molar-refractivity contribution in [1.82, 2.24) is 4.72 Å². The first-order valence-electron chi connectivity index (χ1n) is 6.61. The van der Waals surface area contributed by atoms with Crippen LogP contribution in [-0.2, 0) is 24.3 Å². The highest BCUT2D eigenvalue weighted by Crippen LogP contribution is 2.33. The second-order valence-corrected chi connectivity index (χ2v) is 6.98. The van der Waals surface area contributed by atoms with Crippen molar-refractivity contribution in [2.75, 3.05) is 12.4 Å². The lowest BCUT2D eigenvalue weighted by Crippen LogP contribution is -2.57. The van der Waals surface area contributed by atoms with Crippen LogP contribution in [0.3, 0.4) is 0 Å². The van der Waals surface area contributed by atoms with Crippen LogP contribution >= 0.6 is 0 Å². The number of esters is 1. The molecule has 2 N–H and O–H groups in total. The maximum atomic E-state index is 11.9. The van der Waals surface area contributed by atoms with E-state index in [0.717, 1.165) is 6.42 Å². The van der Waals surface area contributed by atoms with Gasteiger partial charge in [0.15, 0.2) is 5.75 Å². The Morgan fingerprint density at radius 2 is 2.10 bits per heavy atom. The Balaban J connectivity index is 2.85. The van der Waals surface area contributed by atoms with Gasteiger partial charge < -0.3 is 9.84 Å². The van der Waals surface area contributed by atoms with Crippen LogP contribution in [0.5, 0.6) is 0 Å². The first kappa shape index (κ1) is 16.9. The summed E-state index contributed by atoms with van der Waals surface area (Å²) in [6.45, 7) is 3.53. The van der Waals surface area contributed by atoms with Crippen molar-refractivity contribution in [3.63, 3.8) is 0 Å². The zero-order valence-electron chi connectivity index (χ0n) is 11.7. The summed E-state index contributed by atoms with van der Waals surface area (Å²) in [6.07, 6.45) is 1.96. The number of hydrogen-bond donors (Lipinski definition) is 2. The quantitative estimate of drug-likeness (QED) is 0.692. The molecule has 0 heterocycles. The molecule has 0 aromatic carbocycles. The molecule has 1 fully saturated rings. The lowest BCUT2D eigenvalue weighted by molar-refractivity contribution is -0.146. The normalized spacial score (nSPS) is 27.0. The van der Waals surface area contributed by atoms with Crippen LogP contribution in [0.15, 0.2) is 0 Å². The van der Waals surface area contributed by atoms with E-state index >= 15 is 0 Å². The second-order valence-electron chi connectivity index (χ2n) is 5.25. The molecule has 2 atom stereocenters. The topological polar surface area (TPSA) is 110 Å². The summed E-state index contributed by atoms with van der Waals surface area (Å²) in [5.41, 5.74) is -1.51. The molecule has 0 aromatic heterocycles. The van der Waals surface area contributed by atoms with Gasteiger partial charge >= 0.3 is 11.9 Å². The van der Waals surface area contributed by atoms with E-state index in [4.69, 9.17) is 0 Å². The minimum absolute atomic E-state index is 0.0788. The average Bonchev–Trinajstić information content (AvgIpc) is 2.27. The summed E-state index contributed by atoms with van der Waals surface area (Å²) < 4.78 is 30.6. The van der Waals surface area contributed by atoms with Crippen LogP contribution in [0.1, 0.15) is 39.5 Å². The molecule has 0 radical (unpaired) electrons. The number of carboxylic acid groups (broad SMARTS) is 1. The molecule has 0 aromatic rings. The molecule has 0 bridgehead atoms. The Kier molecular flexibility index (Phi) is 5.52. The Bertz CT molecular complexity index is 474. The van der Waals surface area contributed by atoms with Gasteiger partial charge in [-0.25, -0.2) is 8.42 Å². The van der Waals surface area contributed by atoms with Crippen LogP contribution in [0.25, 0.3) is 0 Å². The molecule has 1 aliphatic rings. The molecule has 8 heteroatoms. The van der Waals surface area contributed by atoms with Gasteiger partial charge in [-0.05, 0) is 25.7 Å². The summed E-state index contributed by atoms with van der Waals surface area (Å²) in [6, 6.07) is 0. The molecule has 1 rings (SSSR count). The van der Waals surface area contributed by atoms with E-state index in [2.05, 4.69) is 9.46 Å². The lowest BCUT2D eigenvalue weighted by atomic mass is 9.77. The predicted molar refractivity (Wildman–Crippen MR) is 71.6 cm³/mol. The van der Waals surface area contributed by atoms with Crippen molar-refractivity contribution in [2.45, 2.75) is 45.1 Å². The molecule has 1 saturated carbocycles. The Morgan fingerprint density at radius 1 is 1.45 bits per heavy atom. The summed E-state index contributed by atoms with van der Waals surface area (Å²) in [5, 5.41) is 9.36. The zero-order valence-corrected chi connectivity index (χ0v) is 12.5. The minimum Gasteiger partial charge on any atom is -0.480 e. The van der Waals surface area contributed by atoms with Crippen LogP contribution in [0.2, 0.25) is 0 Å². The van der Waals surface area contributed by atoms with Gasteiger partial charge in [-0.1, -0.05) is 19.8 Å². The zero-order chi connectivity index (χ0) is 15.4. The monoisotopic (exact) mass is 307 g/mol. The van der Waals surface area contributed by atoms with E-state index in [9.17, 15) is 23.1 Å². The van der Waals surface area contributed by atoms with Crippen molar-refractivity contribution in [3.8, 4) is 0 Å². The van der Waals surface area contributed by atoms with E-state index in [0.29, 0.717) is 6.42 Å². The molecular weight excluding hydrogens is 286 g/mol. The van der Waals surface area contributed by atoms with E-state index in [1.807, 2.05) is 6.92 Å². The van der Waals surface area contributed by atoms with Gasteiger partial charge in [0.1, 0.15) is 5.54 Å². The number of hydrogen-bond acceptors (Lipinski definition) is 5. The fraction of sp³-hybridized carbons (Fsp3) is 0.833. The van der Waals surface area contributed by atoms with Gasteiger partial charge in [-0.2, -0.15) is 4.72 Å². The maximum absolute atomic E-state index is 11.9. The van der Waals surface area contributed by atoms with Gasteiger partial charge in [0, 0.05) is 0 Å². The van der Waals surface area contributed by atoms with E-state index < -0.39 is 33.3 Å². The van der Waals surface area contributed by atoms with Crippen molar-refractivity contribution < 1.29 is 27.9 Å². The summed E-state index contributed by atoms with van der Waals surface area (Å²) >= 11 is 0. The average molecular weight is 307 g/mol. The standard InChI is InChI=1S/C12H21NO6S/c1-3-19-10(14)8-20(17,18)13-12(11(15)16)6-4-5-9(2)7-12/h9,13H,3-8H2,1-2H3,(H,15,16).